The first-order valence-electron chi connectivity index (χ1n) is 9.98. The van der Waals surface area contributed by atoms with Gasteiger partial charge in [0.05, 0.1) is 11.6 Å². The predicted octanol–water partition coefficient (Wildman–Crippen LogP) is 5.73. The number of carbonyl (C=O) groups is 1. The third-order valence-corrected chi connectivity index (χ3v) is 5.51. The van der Waals surface area contributed by atoms with Gasteiger partial charge in [0.25, 0.3) is 5.91 Å². The molecule has 0 saturated carbocycles. The number of nitrogens with zero attached hydrogens (tertiary/aromatic N) is 1. The van der Waals surface area contributed by atoms with Crippen LogP contribution >= 0.6 is 0 Å². The molecule has 1 aromatic heterocycles. The molecule has 0 bridgehead atoms. The van der Waals surface area contributed by atoms with Crippen molar-refractivity contribution in [3.63, 3.8) is 0 Å². The van der Waals surface area contributed by atoms with Crippen molar-refractivity contribution in [3.8, 4) is 0 Å². The second kappa shape index (κ2) is 7.59. The maximum Gasteiger partial charge on any atom is 0.255 e. The van der Waals surface area contributed by atoms with Crippen molar-refractivity contribution in [2.24, 2.45) is 0 Å². The number of carbonyl (C=O) groups excluding carboxylic acids is 1. The summed E-state index contributed by atoms with van der Waals surface area (Å²) in [7, 11) is 0. The summed E-state index contributed by atoms with van der Waals surface area (Å²) < 4.78 is 13.0. The fraction of sp³-hybridized carbons (Fsp3) is 0.120. The van der Waals surface area contributed by atoms with Crippen LogP contribution in [0.1, 0.15) is 33.9 Å². The van der Waals surface area contributed by atoms with Gasteiger partial charge in [-0.2, -0.15) is 0 Å². The smallest absolute Gasteiger partial charge is 0.255 e. The molecule has 0 saturated heterocycles. The van der Waals surface area contributed by atoms with E-state index in [9.17, 15) is 9.18 Å². The van der Waals surface area contributed by atoms with E-state index in [2.05, 4.69) is 34.9 Å². The second-order valence-corrected chi connectivity index (χ2v) is 7.50. The second-order valence-electron chi connectivity index (χ2n) is 7.50. The van der Waals surface area contributed by atoms with Crippen LogP contribution in [0, 0.1) is 5.82 Å². The highest BCUT2D eigenvalue weighted by atomic mass is 19.1. The zero-order valence-electron chi connectivity index (χ0n) is 16.2. The number of aromatic nitrogens is 1. The van der Waals surface area contributed by atoms with Crippen LogP contribution in [-0.2, 0) is 6.42 Å². The maximum absolute atomic E-state index is 13.0. The standard InChI is InChI=1S/C25H20FN3O/c26-19-9-5-17(6-10-19)25(30)27-20-11-13-22-18(15-20)8-14-24(28-22)29-23-12-7-16-3-1-2-4-21(16)23/h1-6,8-11,13-15,23H,7,12H2,(H,27,30)(H,28,29). The van der Waals surface area contributed by atoms with Crippen molar-refractivity contribution < 1.29 is 9.18 Å². The van der Waals surface area contributed by atoms with Crippen molar-refractivity contribution in [1.29, 1.82) is 0 Å². The lowest BCUT2D eigenvalue weighted by molar-refractivity contribution is 0.102. The van der Waals surface area contributed by atoms with Crippen molar-refractivity contribution in [2.75, 3.05) is 10.6 Å². The fourth-order valence-electron chi connectivity index (χ4n) is 3.97. The zero-order chi connectivity index (χ0) is 20.5. The van der Waals surface area contributed by atoms with E-state index in [1.54, 1.807) is 0 Å². The molecule has 148 valence electrons. The number of anilines is 2. The van der Waals surface area contributed by atoms with E-state index < -0.39 is 0 Å². The number of aryl methyl sites for hydroxylation is 1. The first-order chi connectivity index (χ1) is 14.7. The Balaban J connectivity index is 1.33. The molecule has 0 spiro atoms. The first-order valence-corrected chi connectivity index (χ1v) is 9.98. The molecule has 1 heterocycles. The largest absolute Gasteiger partial charge is 0.363 e. The zero-order valence-corrected chi connectivity index (χ0v) is 16.2. The Bertz CT molecular complexity index is 1240. The number of hydrogen-bond acceptors (Lipinski definition) is 3. The summed E-state index contributed by atoms with van der Waals surface area (Å²) in [6, 6.07) is 23.9. The van der Waals surface area contributed by atoms with Gasteiger partial charge in [0.15, 0.2) is 0 Å². The van der Waals surface area contributed by atoms with Crippen LogP contribution in [0.3, 0.4) is 0 Å². The molecule has 1 aliphatic carbocycles. The highest BCUT2D eigenvalue weighted by molar-refractivity contribution is 6.05. The molecule has 1 atom stereocenters. The van der Waals surface area contributed by atoms with Crippen molar-refractivity contribution in [1.82, 2.24) is 4.98 Å². The van der Waals surface area contributed by atoms with Crippen molar-refractivity contribution >= 4 is 28.3 Å². The van der Waals surface area contributed by atoms with E-state index in [4.69, 9.17) is 4.98 Å². The van der Waals surface area contributed by atoms with Gasteiger partial charge in [-0.05, 0) is 78.6 Å². The minimum atomic E-state index is -0.367. The summed E-state index contributed by atoms with van der Waals surface area (Å²) in [5.41, 5.74) is 4.68. The normalized spacial score (nSPS) is 15.0. The van der Waals surface area contributed by atoms with Crippen LogP contribution < -0.4 is 10.6 Å². The topological polar surface area (TPSA) is 54.0 Å². The quantitative estimate of drug-likeness (QED) is 0.463. The Morgan fingerprint density at radius 3 is 2.67 bits per heavy atom. The lowest BCUT2D eigenvalue weighted by Gasteiger charge is -2.15. The number of fused-ring (bicyclic) bond motifs is 2. The third-order valence-electron chi connectivity index (χ3n) is 5.51. The van der Waals surface area contributed by atoms with Crippen LogP contribution in [0.25, 0.3) is 10.9 Å². The predicted molar refractivity (Wildman–Crippen MR) is 117 cm³/mol. The molecule has 0 fully saturated rings. The SMILES string of the molecule is O=C(Nc1ccc2nc(NC3CCc4ccccc43)ccc2c1)c1ccc(F)cc1. The molecule has 4 aromatic rings. The van der Waals surface area contributed by atoms with E-state index in [1.165, 1.54) is 35.4 Å². The van der Waals surface area contributed by atoms with E-state index in [1.807, 2.05) is 30.3 Å². The minimum Gasteiger partial charge on any atom is -0.363 e. The summed E-state index contributed by atoms with van der Waals surface area (Å²) in [5, 5.41) is 7.33. The molecule has 1 unspecified atom stereocenters. The van der Waals surface area contributed by atoms with Gasteiger partial charge in [0.1, 0.15) is 11.6 Å². The molecule has 30 heavy (non-hydrogen) atoms. The molecule has 1 amide bonds. The molecule has 4 nitrogen and oxygen atoms in total. The third kappa shape index (κ3) is 3.62. The van der Waals surface area contributed by atoms with E-state index in [0.717, 1.165) is 29.6 Å². The molecule has 3 aromatic carbocycles. The molecular formula is C25H20FN3O. The number of halogens is 1. The van der Waals surface area contributed by atoms with Gasteiger partial charge >= 0.3 is 0 Å². The average molecular weight is 397 g/mol. The van der Waals surface area contributed by atoms with Gasteiger partial charge in [0, 0.05) is 16.6 Å². The number of benzene rings is 3. The van der Waals surface area contributed by atoms with E-state index >= 15 is 0 Å². The van der Waals surface area contributed by atoms with E-state index in [-0.39, 0.29) is 17.8 Å². The van der Waals surface area contributed by atoms with Crippen LogP contribution in [-0.4, -0.2) is 10.9 Å². The molecule has 5 heteroatoms. The Labute approximate surface area is 173 Å². The van der Waals surface area contributed by atoms with Gasteiger partial charge in [-0.25, -0.2) is 9.37 Å². The molecule has 0 radical (unpaired) electrons. The molecule has 1 aliphatic rings. The summed E-state index contributed by atoms with van der Waals surface area (Å²) in [4.78, 5) is 17.1. The highest BCUT2D eigenvalue weighted by Gasteiger charge is 2.21. The number of nitrogens with one attached hydrogen (secondary N) is 2. The van der Waals surface area contributed by atoms with Gasteiger partial charge in [-0.15, -0.1) is 0 Å². The van der Waals surface area contributed by atoms with Gasteiger partial charge < -0.3 is 10.6 Å². The van der Waals surface area contributed by atoms with Gasteiger partial charge in [0.2, 0.25) is 0 Å². The number of pyridine rings is 1. The summed E-state index contributed by atoms with van der Waals surface area (Å²) in [6.45, 7) is 0. The van der Waals surface area contributed by atoms with E-state index in [0.29, 0.717) is 11.3 Å². The van der Waals surface area contributed by atoms with Crippen LogP contribution in [0.5, 0.6) is 0 Å². The van der Waals surface area contributed by atoms with Gasteiger partial charge in [-0.1, -0.05) is 24.3 Å². The van der Waals surface area contributed by atoms with Crippen LogP contribution in [0.2, 0.25) is 0 Å². The number of amides is 1. The lowest BCUT2D eigenvalue weighted by Crippen LogP contribution is -2.11. The number of rotatable bonds is 4. The minimum absolute atomic E-state index is 0.277. The Morgan fingerprint density at radius 1 is 0.967 bits per heavy atom. The van der Waals surface area contributed by atoms with Crippen molar-refractivity contribution in [3.05, 3.63) is 101 Å². The summed E-state index contributed by atoms with van der Waals surface area (Å²) in [6.07, 6.45) is 2.14. The van der Waals surface area contributed by atoms with Crippen LogP contribution in [0.4, 0.5) is 15.9 Å². The fourth-order valence-corrected chi connectivity index (χ4v) is 3.97. The Hall–Kier alpha value is -3.73. The Morgan fingerprint density at radius 2 is 1.80 bits per heavy atom. The van der Waals surface area contributed by atoms with Crippen LogP contribution in [0.15, 0.2) is 78.9 Å². The summed E-state index contributed by atoms with van der Waals surface area (Å²) >= 11 is 0. The monoisotopic (exact) mass is 397 g/mol. The van der Waals surface area contributed by atoms with Crippen molar-refractivity contribution in [2.45, 2.75) is 18.9 Å². The molecule has 5 rings (SSSR count). The molecule has 0 aliphatic heterocycles. The molecule has 2 N–H and O–H groups in total. The van der Waals surface area contributed by atoms with Gasteiger partial charge in [-0.3, -0.25) is 4.79 Å². The number of hydrogen-bond donors (Lipinski definition) is 2. The maximum atomic E-state index is 13.0. The summed E-state index contributed by atoms with van der Waals surface area (Å²) in [5.74, 6) is 0.196. The highest BCUT2D eigenvalue weighted by Crippen LogP contribution is 2.33. The average Bonchev–Trinajstić information content (AvgIpc) is 3.17. The molecular weight excluding hydrogens is 377 g/mol. The lowest BCUT2D eigenvalue weighted by atomic mass is 10.1. The first kappa shape index (κ1) is 18.3. The Kier molecular flexibility index (Phi) is 4.64.